The van der Waals surface area contributed by atoms with E-state index in [1.807, 2.05) is 36.7 Å². The van der Waals surface area contributed by atoms with E-state index in [0.29, 0.717) is 16.3 Å². The van der Waals surface area contributed by atoms with Gasteiger partial charge in [0.05, 0.1) is 0 Å². The van der Waals surface area contributed by atoms with Crippen LogP contribution in [0.2, 0.25) is 10.0 Å². The van der Waals surface area contributed by atoms with E-state index < -0.39 is 0 Å². The number of nitriles is 1. The molecule has 2 rings (SSSR count). The third kappa shape index (κ3) is 18.9. The van der Waals surface area contributed by atoms with Gasteiger partial charge < -0.3 is 5.48 Å². The number of carbonyl (C=O) groups excluding carboxylic acids is 1. The highest BCUT2D eigenvalue weighted by Crippen LogP contribution is 2.29. The van der Waals surface area contributed by atoms with Crippen molar-refractivity contribution in [2.45, 2.75) is 14.9 Å². The van der Waals surface area contributed by atoms with Gasteiger partial charge in [0.25, 0.3) is 0 Å². The molecule has 2 N–H and O–H groups in total. The highest BCUT2D eigenvalue weighted by atomic mass is 35.5. The Balaban J connectivity index is -0.000000138. The lowest BCUT2D eigenvalue weighted by atomic mass is 10.1. The number of rotatable bonds is 1. The van der Waals surface area contributed by atoms with Crippen molar-refractivity contribution in [3.8, 4) is 76.4 Å². The number of hydrogen-bond donors (Lipinski definition) is 0. The number of nitrogens with zero attached hydrogens (tertiary/aromatic N) is 1. The molecule has 1 aromatic carbocycles. The summed E-state index contributed by atoms with van der Waals surface area (Å²) in [6.07, 6.45) is 4.17. The zero-order chi connectivity index (χ0) is 20.5. The minimum absolute atomic E-state index is 0. The van der Waals surface area contributed by atoms with E-state index in [1.54, 1.807) is 12.1 Å². The van der Waals surface area contributed by atoms with Crippen molar-refractivity contribution < 1.29 is 15.3 Å². The standard InChI is InChI=1S/C12HNO.C11H7Cl2N.2CH4.2ClH.H2O/c13-11-9-7-5-3-1-2-4-6-8-10-12-14;12-9-1-2-10(11(13)7-9)8-3-5-14-6-4-8;;;;;/h12H;1-7H;2*1H4;2*1H;1H2. The van der Waals surface area contributed by atoms with E-state index >= 15 is 0 Å². The predicted octanol–water partition coefficient (Wildman–Crippen LogP) is 5.14. The first-order valence-corrected chi connectivity index (χ1v) is 8.19. The number of aromatic amines is 1. The number of aromatic nitrogens is 1. The maximum Gasteiger partial charge on any atom is 0.193 e. The molecule has 0 atom stereocenters. The highest BCUT2D eigenvalue weighted by molar-refractivity contribution is 6.36. The molecule has 2 aromatic rings. The third-order valence-electron chi connectivity index (χ3n) is 2.65. The molecule has 170 valence electrons. The van der Waals surface area contributed by atoms with E-state index in [1.165, 1.54) is 0 Å². The van der Waals surface area contributed by atoms with Gasteiger partial charge in [-0.1, -0.05) is 44.1 Å². The number of carbonyl (C=O) groups is 1. The molecule has 1 heterocycles. The van der Waals surface area contributed by atoms with Crippen LogP contribution in [0, 0.1) is 70.5 Å². The summed E-state index contributed by atoms with van der Waals surface area (Å²) in [6, 6.07) is 11.0. The van der Waals surface area contributed by atoms with Crippen molar-refractivity contribution in [1.82, 2.24) is 0 Å². The summed E-state index contributed by atoms with van der Waals surface area (Å²) in [7, 11) is 0. The third-order valence-corrected chi connectivity index (χ3v) is 3.20. The Morgan fingerprint density at radius 2 is 1.27 bits per heavy atom. The molecule has 0 unspecified atom stereocenters. The number of benzene rings is 1. The Morgan fingerprint density at radius 1 is 0.788 bits per heavy atom. The fraction of sp³-hybridized carbons (Fsp3) is 0.0800. The van der Waals surface area contributed by atoms with Crippen molar-refractivity contribution in [3.05, 3.63) is 52.8 Å². The quantitative estimate of drug-likeness (QED) is 0.384. The number of halogens is 4. The van der Waals surface area contributed by atoms with Crippen molar-refractivity contribution in [2.75, 3.05) is 0 Å². The highest BCUT2D eigenvalue weighted by Gasteiger charge is 2.03. The van der Waals surface area contributed by atoms with Crippen molar-refractivity contribution in [3.63, 3.8) is 0 Å². The fourth-order valence-electron chi connectivity index (χ4n) is 1.60. The molecule has 0 saturated heterocycles. The Morgan fingerprint density at radius 3 is 1.73 bits per heavy atom. The molecule has 1 aromatic heterocycles. The van der Waals surface area contributed by atoms with E-state index in [2.05, 4.69) is 64.2 Å². The molecule has 0 amide bonds. The minimum Gasteiger partial charge on any atom is -0.870 e. The number of pyridine rings is 1. The van der Waals surface area contributed by atoms with Gasteiger partial charge in [-0.2, -0.15) is 5.26 Å². The number of hydrogen-bond acceptors (Lipinski definition) is 3. The topological polar surface area (TPSA) is 85.0 Å². The largest absolute Gasteiger partial charge is 0.870 e. The number of aldehydes is 1. The maximum absolute atomic E-state index is 9.70. The van der Waals surface area contributed by atoms with Gasteiger partial charge in [0.1, 0.15) is 0 Å². The fourth-order valence-corrected chi connectivity index (χ4v) is 2.12. The molecule has 0 aliphatic rings. The van der Waals surface area contributed by atoms with Crippen LogP contribution in [0.4, 0.5) is 0 Å². The second kappa shape index (κ2) is 26.5. The lowest BCUT2D eigenvalue weighted by molar-refractivity contribution is -0.377. The van der Waals surface area contributed by atoms with Crippen LogP contribution in [-0.4, -0.2) is 11.8 Å². The van der Waals surface area contributed by atoms with E-state index in [-0.39, 0.29) is 45.1 Å². The van der Waals surface area contributed by atoms with Crippen LogP contribution in [0.3, 0.4) is 0 Å². The van der Waals surface area contributed by atoms with Gasteiger partial charge in [-0.15, -0.1) is 24.8 Å². The molecule has 0 radical (unpaired) electrons. The van der Waals surface area contributed by atoms with Crippen LogP contribution in [0.25, 0.3) is 11.1 Å². The summed E-state index contributed by atoms with van der Waals surface area (Å²) >= 11 is 11.9. The van der Waals surface area contributed by atoms with Gasteiger partial charge in [0.2, 0.25) is 0 Å². The first-order valence-electron chi connectivity index (χ1n) is 7.44. The molecule has 8 heteroatoms. The molecular weight excluding hydrogens is 502 g/mol. The van der Waals surface area contributed by atoms with Gasteiger partial charge in [-0.3, -0.25) is 4.79 Å². The average Bonchev–Trinajstić information content (AvgIpc) is 2.71. The van der Waals surface area contributed by atoms with Gasteiger partial charge >= 0.3 is 0 Å². The van der Waals surface area contributed by atoms with Gasteiger partial charge in [-0.25, -0.2) is 4.98 Å². The van der Waals surface area contributed by atoms with Crippen LogP contribution in [0.5, 0.6) is 0 Å². The van der Waals surface area contributed by atoms with Crippen LogP contribution >= 0.6 is 48.0 Å². The average molecular weight is 522 g/mol. The maximum atomic E-state index is 9.70. The van der Waals surface area contributed by atoms with E-state index in [9.17, 15) is 4.79 Å². The number of H-pyrrole nitrogens is 1. The predicted molar refractivity (Wildman–Crippen MR) is 139 cm³/mol. The van der Waals surface area contributed by atoms with E-state index in [4.69, 9.17) is 28.5 Å². The van der Waals surface area contributed by atoms with Crippen LogP contribution in [0.15, 0.2) is 42.7 Å². The Hall–Kier alpha value is -3.55. The molecule has 0 fully saturated rings. The lowest BCUT2D eigenvalue weighted by Gasteiger charge is -2.02. The Kier molecular flexibility index (Phi) is 32.0. The molecule has 0 spiro atoms. The van der Waals surface area contributed by atoms with Gasteiger partial charge in [0.15, 0.2) is 24.7 Å². The summed E-state index contributed by atoms with van der Waals surface area (Å²) in [4.78, 5) is 12.7. The van der Waals surface area contributed by atoms with Gasteiger partial charge in [0, 0.05) is 57.3 Å². The molecule has 0 saturated carbocycles. The summed E-state index contributed by atoms with van der Waals surface area (Å²) in [5, 5.41) is 9.32. The summed E-state index contributed by atoms with van der Waals surface area (Å²) in [6.45, 7) is 0. The number of nitrogens with one attached hydrogen (secondary N) is 1. The first-order chi connectivity index (χ1) is 13.7. The molecule has 33 heavy (non-hydrogen) atoms. The molecule has 0 aliphatic heterocycles. The second-order valence-electron chi connectivity index (χ2n) is 4.41. The summed E-state index contributed by atoms with van der Waals surface area (Å²) in [5.74, 6) is 22.8. The molecule has 4 nitrogen and oxygen atoms in total. The molecule has 0 aliphatic carbocycles. The van der Waals surface area contributed by atoms with Crippen molar-refractivity contribution in [2.24, 2.45) is 0 Å². The molecule has 0 bridgehead atoms. The van der Waals surface area contributed by atoms with E-state index in [0.717, 1.165) is 11.1 Å². The van der Waals surface area contributed by atoms with Crippen molar-refractivity contribution in [1.29, 1.82) is 5.26 Å². The van der Waals surface area contributed by atoms with Crippen LogP contribution < -0.4 is 4.98 Å². The summed E-state index contributed by atoms with van der Waals surface area (Å²) < 4.78 is 0. The summed E-state index contributed by atoms with van der Waals surface area (Å²) in [5.41, 5.74) is 2.07. The van der Waals surface area contributed by atoms with Crippen LogP contribution in [0.1, 0.15) is 14.9 Å². The zero-order valence-electron chi connectivity index (χ0n) is 15.5. The second-order valence-corrected chi connectivity index (χ2v) is 5.26. The normalized spacial score (nSPS) is 5.97. The van der Waals surface area contributed by atoms with Crippen molar-refractivity contribution >= 4 is 54.3 Å². The lowest BCUT2D eigenvalue weighted by Crippen LogP contribution is -1.96. The van der Waals surface area contributed by atoms with Crippen LogP contribution in [-0.2, 0) is 4.79 Å². The Labute approximate surface area is 218 Å². The smallest absolute Gasteiger partial charge is 0.193 e. The minimum atomic E-state index is 0. The zero-order valence-corrected chi connectivity index (χ0v) is 18.6. The van der Waals surface area contributed by atoms with Gasteiger partial charge in [-0.05, 0) is 47.3 Å². The first kappa shape index (κ1) is 39.9. The molecular formula is C25H20Cl4N2O2. The monoisotopic (exact) mass is 520 g/mol. The Bertz CT molecular complexity index is 1200. The SMILES string of the molecule is C.C.Cl.Cl.Clc1ccc(-c2cc[nH+]cc2)c(Cl)c1.N#CC#CC#CC#CC#CC#CC=O.[OH-].